The summed E-state index contributed by atoms with van der Waals surface area (Å²) in [6, 6.07) is 0.984. The first-order valence-corrected chi connectivity index (χ1v) is 10.9. The number of nitrogens with zero attached hydrogens (tertiary/aromatic N) is 3. The topological polar surface area (TPSA) is 215 Å². The van der Waals surface area contributed by atoms with Crippen molar-refractivity contribution in [1.82, 2.24) is 18.9 Å². The van der Waals surface area contributed by atoms with Gasteiger partial charge in [0.05, 0.1) is 6.61 Å². The molecule has 29 heavy (non-hydrogen) atoms. The van der Waals surface area contributed by atoms with Gasteiger partial charge in [-0.1, -0.05) is 0 Å². The molecule has 1 aliphatic heterocycles. The van der Waals surface area contributed by atoms with Crippen LogP contribution in [0.15, 0.2) is 40.6 Å². The van der Waals surface area contributed by atoms with Gasteiger partial charge in [0, 0.05) is 24.7 Å². The van der Waals surface area contributed by atoms with E-state index in [0.29, 0.717) is 4.34 Å². The van der Waals surface area contributed by atoms with E-state index in [4.69, 9.17) is 4.74 Å². The number of ether oxygens (including phenoxy) is 1. The number of aromatic nitrogens is 4. The molecule has 160 valence electrons. The van der Waals surface area contributed by atoms with E-state index in [2.05, 4.69) is 13.8 Å². The van der Waals surface area contributed by atoms with Gasteiger partial charge in [-0.05, 0) is 0 Å². The predicted molar refractivity (Wildman–Crippen MR) is 91.6 cm³/mol. The van der Waals surface area contributed by atoms with Crippen LogP contribution in [0.5, 0.6) is 0 Å². The van der Waals surface area contributed by atoms with Gasteiger partial charge in [0.1, 0.15) is 24.6 Å². The molecule has 5 N–H and O–H groups in total. The number of rotatable bonds is 7. The number of H-pyrrole nitrogens is 1. The van der Waals surface area contributed by atoms with Crippen LogP contribution in [0.3, 0.4) is 0 Å². The number of phosphoric acid groups is 1. The summed E-state index contributed by atoms with van der Waals surface area (Å²) in [6.07, 6.45) is -2.09. The Labute approximate surface area is 161 Å². The minimum Gasteiger partial charge on any atom is -0.387 e. The lowest BCUT2D eigenvalue weighted by Crippen LogP contribution is -2.37. The number of aliphatic hydroxyl groups is 2. The molecule has 2 aromatic rings. The highest BCUT2D eigenvalue weighted by Gasteiger charge is 2.46. The van der Waals surface area contributed by atoms with E-state index >= 15 is 0 Å². The molecule has 17 heteroatoms. The minimum atomic E-state index is -5.11. The Bertz CT molecular complexity index is 1070. The van der Waals surface area contributed by atoms with Crippen LogP contribution in [0.4, 0.5) is 0 Å². The highest BCUT2D eigenvalue weighted by molar-refractivity contribution is 7.63. The summed E-state index contributed by atoms with van der Waals surface area (Å²) in [5, 5.41) is 20.1. The molecule has 0 aliphatic carbocycles. The predicted octanol–water partition coefficient (Wildman–Crippen LogP) is -1.87. The summed E-state index contributed by atoms with van der Waals surface area (Å²) in [5.74, 6) is 0. The number of phosphoric ester groups is 1. The normalized spacial score (nSPS) is 28.7. The van der Waals surface area contributed by atoms with Crippen LogP contribution in [0, 0.1) is 0 Å². The fourth-order valence-electron chi connectivity index (χ4n) is 2.49. The second kappa shape index (κ2) is 8.07. The highest BCUT2D eigenvalue weighted by Crippen LogP contribution is 2.60. The first-order chi connectivity index (χ1) is 13.5. The molecule has 0 spiro atoms. The maximum Gasteiger partial charge on any atom is 0.480 e. The SMILES string of the molecule is O=c1ccn([C@H]2O[C@H](COP(=O)(O)OP(=O)(O)n3ccnc3)[C@@H](O)[C@@H]2O)c(=O)[nH]1. The lowest BCUT2D eigenvalue weighted by atomic mass is 10.1. The quantitative estimate of drug-likeness (QED) is 0.291. The molecule has 0 bridgehead atoms. The maximum absolute atomic E-state index is 12.0. The third-order valence-corrected chi connectivity index (χ3v) is 6.83. The van der Waals surface area contributed by atoms with E-state index in [0.717, 1.165) is 35.6 Å². The van der Waals surface area contributed by atoms with Crippen LogP contribution in [-0.2, 0) is 22.7 Å². The summed E-state index contributed by atoms with van der Waals surface area (Å²) < 4.78 is 39.4. The van der Waals surface area contributed by atoms with Crippen molar-refractivity contribution in [1.29, 1.82) is 0 Å². The molecule has 2 aromatic heterocycles. The smallest absolute Gasteiger partial charge is 0.387 e. The lowest BCUT2D eigenvalue weighted by Gasteiger charge is -2.19. The average molecular weight is 454 g/mol. The van der Waals surface area contributed by atoms with Gasteiger partial charge in [-0.3, -0.25) is 18.9 Å². The van der Waals surface area contributed by atoms with Crippen LogP contribution in [0.25, 0.3) is 0 Å². The zero-order valence-electron chi connectivity index (χ0n) is 14.3. The number of aromatic amines is 1. The molecule has 2 unspecified atom stereocenters. The summed E-state index contributed by atoms with van der Waals surface area (Å²) in [4.78, 5) is 47.7. The first-order valence-electron chi connectivity index (χ1n) is 7.83. The molecule has 15 nitrogen and oxygen atoms in total. The second-order valence-corrected chi connectivity index (χ2v) is 9.13. The summed E-state index contributed by atoms with van der Waals surface area (Å²) in [7, 11) is -9.91. The molecule has 3 heterocycles. The molecular formula is C12H16N4O11P2. The molecule has 0 aromatic carbocycles. The Kier molecular flexibility index (Phi) is 6.06. The zero-order chi connectivity index (χ0) is 21.4. The van der Waals surface area contributed by atoms with Gasteiger partial charge >= 0.3 is 21.3 Å². The molecule has 1 fully saturated rings. The number of aliphatic hydroxyl groups excluding tert-OH is 2. The van der Waals surface area contributed by atoms with Crippen molar-refractivity contribution in [3.05, 3.63) is 51.8 Å². The van der Waals surface area contributed by atoms with Crippen molar-refractivity contribution in [2.75, 3.05) is 6.61 Å². The number of imidazole rings is 1. The Morgan fingerprint density at radius 2 is 1.93 bits per heavy atom. The fourth-order valence-corrected chi connectivity index (χ4v) is 4.85. The van der Waals surface area contributed by atoms with E-state index in [9.17, 15) is 38.7 Å². The maximum atomic E-state index is 12.0. The lowest BCUT2D eigenvalue weighted by molar-refractivity contribution is -0.0541. The molecule has 6 atom stereocenters. The van der Waals surface area contributed by atoms with E-state index < -0.39 is 58.0 Å². The number of hydrogen-bond acceptors (Lipinski definition) is 10. The van der Waals surface area contributed by atoms with Crippen molar-refractivity contribution in [3.8, 4) is 0 Å². The fraction of sp³-hybridized carbons (Fsp3) is 0.417. The summed E-state index contributed by atoms with van der Waals surface area (Å²) >= 11 is 0. The molecule has 3 rings (SSSR count). The van der Waals surface area contributed by atoms with E-state index in [1.165, 1.54) is 0 Å². The number of hydrogen-bond donors (Lipinski definition) is 5. The summed E-state index contributed by atoms with van der Waals surface area (Å²) in [5.41, 5.74) is -1.61. The van der Waals surface area contributed by atoms with Crippen molar-refractivity contribution in [2.24, 2.45) is 0 Å². The zero-order valence-corrected chi connectivity index (χ0v) is 16.1. The standard InChI is InChI=1S/C12H16N4O11P2/c17-8-1-3-16(12(20)14-8)11-10(19)9(18)7(26-11)5-25-29(23,24)27-28(21,22)15-4-2-13-6-15/h1-4,6-7,9-11,18-19H,5H2,(H,21,22)(H,23,24)(H,14,17,20)/t7-,9-,10+,11+/m1/s1. The molecular weight excluding hydrogens is 438 g/mol. The van der Waals surface area contributed by atoms with Crippen molar-refractivity contribution < 1.29 is 42.7 Å². The van der Waals surface area contributed by atoms with Gasteiger partial charge in [0.25, 0.3) is 5.56 Å². The van der Waals surface area contributed by atoms with Crippen molar-refractivity contribution in [3.63, 3.8) is 0 Å². The number of nitrogens with one attached hydrogen (secondary N) is 1. The van der Waals surface area contributed by atoms with Gasteiger partial charge in [-0.2, -0.15) is 4.31 Å². The van der Waals surface area contributed by atoms with E-state index in [-0.39, 0.29) is 0 Å². The van der Waals surface area contributed by atoms with Crippen molar-refractivity contribution >= 4 is 15.6 Å². The van der Waals surface area contributed by atoms with E-state index in [1.54, 1.807) is 0 Å². The van der Waals surface area contributed by atoms with Crippen LogP contribution in [-0.4, -0.2) is 63.8 Å². The second-order valence-electron chi connectivity index (χ2n) is 5.84. The molecule has 0 radical (unpaired) electrons. The third-order valence-electron chi connectivity index (χ3n) is 3.86. The van der Waals surface area contributed by atoms with Gasteiger partial charge in [-0.15, -0.1) is 0 Å². The molecule has 1 aliphatic rings. The Balaban J connectivity index is 1.67. The third kappa shape index (κ3) is 4.80. The molecule has 0 amide bonds. The highest BCUT2D eigenvalue weighted by atomic mass is 31.3. The summed E-state index contributed by atoms with van der Waals surface area (Å²) in [6.45, 7) is -0.843. The Morgan fingerprint density at radius 1 is 1.21 bits per heavy atom. The van der Waals surface area contributed by atoms with Gasteiger partial charge < -0.3 is 24.7 Å². The van der Waals surface area contributed by atoms with Gasteiger partial charge in [-0.25, -0.2) is 23.2 Å². The van der Waals surface area contributed by atoms with E-state index in [1.807, 2.05) is 4.98 Å². The van der Waals surface area contributed by atoms with Crippen LogP contribution >= 0.6 is 15.6 Å². The average Bonchev–Trinajstić information content (AvgIpc) is 3.24. The first kappa shape index (κ1) is 21.8. The monoisotopic (exact) mass is 454 g/mol. The Morgan fingerprint density at radius 3 is 2.55 bits per heavy atom. The molecule has 1 saturated heterocycles. The van der Waals surface area contributed by atoms with Gasteiger partial charge in [0.15, 0.2) is 6.23 Å². The van der Waals surface area contributed by atoms with Gasteiger partial charge in [0.2, 0.25) is 0 Å². The Hall–Kier alpha value is -1.93. The van der Waals surface area contributed by atoms with Crippen molar-refractivity contribution in [2.45, 2.75) is 24.5 Å². The molecule has 0 saturated carbocycles. The van der Waals surface area contributed by atoms with Crippen LogP contribution in [0.1, 0.15) is 6.23 Å². The largest absolute Gasteiger partial charge is 0.480 e. The minimum absolute atomic E-state index is 0.558. The van der Waals surface area contributed by atoms with Crippen LogP contribution < -0.4 is 11.2 Å². The van der Waals surface area contributed by atoms with Crippen LogP contribution in [0.2, 0.25) is 0 Å².